The maximum Gasteiger partial charge on any atom is 0.325 e. The topological polar surface area (TPSA) is 79.1 Å². The number of hydrogen-bond donors (Lipinski definition) is 0. The predicted molar refractivity (Wildman–Crippen MR) is 99.4 cm³/mol. The first-order valence-corrected chi connectivity index (χ1v) is 8.96. The summed E-state index contributed by atoms with van der Waals surface area (Å²) in [5.41, 5.74) is 0.756. The smallest absolute Gasteiger partial charge is 0.325 e. The van der Waals surface area contributed by atoms with Gasteiger partial charge < -0.3 is 19.0 Å². The van der Waals surface area contributed by atoms with Crippen molar-refractivity contribution in [2.24, 2.45) is 0 Å². The van der Waals surface area contributed by atoms with E-state index < -0.39 is 11.9 Å². The fourth-order valence-corrected chi connectivity index (χ4v) is 3.05. The fraction of sp³-hybridized carbons (Fsp3) is 0.421. The zero-order valence-electron chi connectivity index (χ0n) is 15.9. The van der Waals surface area contributed by atoms with Crippen molar-refractivity contribution < 1.29 is 23.1 Å². The van der Waals surface area contributed by atoms with E-state index in [4.69, 9.17) is 4.42 Å². The number of benzene rings is 1. The molecule has 0 atom stereocenters. The highest BCUT2D eigenvalue weighted by Gasteiger charge is 2.23. The van der Waals surface area contributed by atoms with Crippen molar-refractivity contribution in [2.75, 3.05) is 51.8 Å². The molecule has 2 heterocycles. The van der Waals surface area contributed by atoms with Gasteiger partial charge in [0.2, 0.25) is 5.89 Å². The minimum Gasteiger partial charge on any atom is -0.468 e. The number of nitrogens with zero attached hydrogens (tertiary/aromatic N) is 4. The molecule has 1 aliphatic rings. The van der Waals surface area contributed by atoms with Gasteiger partial charge in [-0.2, -0.15) is 0 Å². The van der Waals surface area contributed by atoms with Gasteiger partial charge in [-0.05, 0) is 12.1 Å². The second-order valence-corrected chi connectivity index (χ2v) is 6.58. The van der Waals surface area contributed by atoms with Crippen LogP contribution >= 0.6 is 0 Å². The molecule has 150 valence electrons. The number of para-hydroxylation sites is 1. The number of oxazole rings is 1. The fourth-order valence-electron chi connectivity index (χ4n) is 3.05. The Balaban J connectivity index is 1.53. The van der Waals surface area contributed by atoms with Crippen LogP contribution in [-0.2, 0) is 16.1 Å². The predicted octanol–water partition coefficient (Wildman–Crippen LogP) is 1.38. The highest BCUT2D eigenvalue weighted by Crippen LogP contribution is 2.20. The Morgan fingerprint density at radius 3 is 2.64 bits per heavy atom. The number of amides is 1. The van der Waals surface area contributed by atoms with E-state index in [1.165, 1.54) is 31.4 Å². The standard InChI is InChI=1S/C19H23FN4O4/c1-22(12-18(25)27-2)19(26)15-13-28-17(21-15)11-23-7-9-24(10-8-23)16-6-4-3-5-14(16)20/h3-6,13H,7-12H2,1-2H3. The van der Waals surface area contributed by atoms with Crippen LogP contribution < -0.4 is 4.90 Å². The number of hydrogen-bond acceptors (Lipinski definition) is 7. The maximum atomic E-state index is 13.9. The third kappa shape index (κ3) is 4.66. The maximum absolute atomic E-state index is 13.9. The Bertz CT molecular complexity index is 833. The summed E-state index contributed by atoms with van der Waals surface area (Å²) in [6, 6.07) is 6.75. The summed E-state index contributed by atoms with van der Waals surface area (Å²) in [6.07, 6.45) is 1.29. The molecule has 1 aromatic heterocycles. The Morgan fingerprint density at radius 1 is 1.25 bits per heavy atom. The minimum absolute atomic E-state index is 0.145. The number of esters is 1. The van der Waals surface area contributed by atoms with Crippen molar-refractivity contribution in [2.45, 2.75) is 6.54 Å². The average Bonchev–Trinajstić information content (AvgIpc) is 3.16. The lowest BCUT2D eigenvalue weighted by Crippen LogP contribution is -2.46. The molecule has 9 heteroatoms. The Hall–Kier alpha value is -2.94. The molecule has 1 fully saturated rings. The van der Waals surface area contributed by atoms with Crippen LogP contribution in [-0.4, -0.2) is 73.5 Å². The molecule has 8 nitrogen and oxygen atoms in total. The number of carbonyl (C=O) groups excluding carboxylic acids is 2. The van der Waals surface area contributed by atoms with Gasteiger partial charge in [-0.3, -0.25) is 14.5 Å². The first-order valence-electron chi connectivity index (χ1n) is 8.96. The van der Waals surface area contributed by atoms with Crippen LogP contribution in [0.4, 0.5) is 10.1 Å². The summed E-state index contributed by atoms with van der Waals surface area (Å²) in [5.74, 6) is -0.714. The Kier molecular flexibility index (Phi) is 6.25. The second-order valence-electron chi connectivity index (χ2n) is 6.58. The third-order valence-corrected chi connectivity index (χ3v) is 4.64. The molecule has 2 aromatic rings. The first-order chi connectivity index (χ1) is 13.5. The van der Waals surface area contributed by atoms with Crippen LogP contribution in [0.15, 0.2) is 34.9 Å². The molecule has 1 amide bonds. The zero-order chi connectivity index (χ0) is 20.1. The van der Waals surface area contributed by atoms with E-state index in [0.29, 0.717) is 31.2 Å². The number of likely N-dealkylation sites (N-methyl/N-ethyl adjacent to an activating group) is 1. The van der Waals surface area contributed by atoms with E-state index >= 15 is 0 Å². The van der Waals surface area contributed by atoms with Crippen molar-refractivity contribution in [1.82, 2.24) is 14.8 Å². The minimum atomic E-state index is -0.507. The second kappa shape index (κ2) is 8.83. The lowest BCUT2D eigenvalue weighted by atomic mass is 10.2. The third-order valence-electron chi connectivity index (χ3n) is 4.64. The number of carbonyl (C=O) groups is 2. The number of piperazine rings is 1. The van der Waals surface area contributed by atoms with Crippen molar-refractivity contribution >= 4 is 17.6 Å². The quantitative estimate of drug-likeness (QED) is 0.690. The molecule has 0 aliphatic carbocycles. The van der Waals surface area contributed by atoms with Gasteiger partial charge >= 0.3 is 5.97 Å². The number of halogens is 1. The number of anilines is 1. The monoisotopic (exact) mass is 390 g/mol. The first kappa shape index (κ1) is 19.8. The van der Waals surface area contributed by atoms with E-state index in [1.54, 1.807) is 12.1 Å². The molecular weight excluding hydrogens is 367 g/mol. The molecule has 0 saturated carbocycles. The lowest BCUT2D eigenvalue weighted by molar-refractivity contribution is -0.141. The largest absolute Gasteiger partial charge is 0.468 e. The van der Waals surface area contributed by atoms with Gasteiger partial charge in [-0.1, -0.05) is 12.1 Å². The molecule has 1 saturated heterocycles. The summed E-state index contributed by atoms with van der Waals surface area (Å²) < 4.78 is 23.9. The van der Waals surface area contributed by atoms with Crippen molar-refractivity contribution in [3.8, 4) is 0 Å². The molecule has 0 bridgehead atoms. The number of methoxy groups -OCH3 is 1. The molecule has 28 heavy (non-hydrogen) atoms. The number of ether oxygens (including phenoxy) is 1. The van der Waals surface area contributed by atoms with Crippen molar-refractivity contribution in [3.63, 3.8) is 0 Å². The van der Waals surface area contributed by atoms with Crippen molar-refractivity contribution in [3.05, 3.63) is 47.9 Å². The zero-order valence-corrected chi connectivity index (χ0v) is 15.9. The summed E-state index contributed by atoms with van der Waals surface area (Å²) in [6.45, 7) is 3.13. The highest BCUT2D eigenvalue weighted by atomic mass is 19.1. The van der Waals surface area contributed by atoms with Gasteiger partial charge in [0.05, 0.1) is 19.3 Å². The molecule has 0 radical (unpaired) electrons. The van der Waals surface area contributed by atoms with Crippen LogP contribution in [0.2, 0.25) is 0 Å². The van der Waals surface area contributed by atoms with Crippen LogP contribution in [0.3, 0.4) is 0 Å². The summed E-state index contributed by atoms with van der Waals surface area (Å²) in [5, 5.41) is 0. The summed E-state index contributed by atoms with van der Waals surface area (Å²) in [4.78, 5) is 33.1. The van der Waals surface area contributed by atoms with Gasteiger partial charge in [-0.25, -0.2) is 9.37 Å². The van der Waals surface area contributed by atoms with E-state index in [1.807, 2.05) is 11.0 Å². The van der Waals surface area contributed by atoms with Crippen molar-refractivity contribution in [1.29, 1.82) is 0 Å². The van der Waals surface area contributed by atoms with Gasteiger partial charge in [0.15, 0.2) is 5.69 Å². The normalized spacial score (nSPS) is 14.8. The van der Waals surface area contributed by atoms with Crippen LogP contribution in [0.1, 0.15) is 16.4 Å². The number of rotatable bonds is 6. The summed E-state index contributed by atoms with van der Waals surface area (Å²) >= 11 is 0. The summed E-state index contributed by atoms with van der Waals surface area (Å²) in [7, 11) is 2.76. The van der Waals surface area contributed by atoms with E-state index in [9.17, 15) is 14.0 Å². The van der Waals surface area contributed by atoms with Crippen LogP contribution in [0.25, 0.3) is 0 Å². The molecule has 1 aromatic carbocycles. The molecule has 3 rings (SSSR count). The SMILES string of the molecule is COC(=O)CN(C)C(=O)c1coc(CN2CCN(c3ccccc3F)CC2)n1. The van der Waals surface area contributed by atoms with Crippen LogP contribution in [0.5, 0.6) is 0 Å². The Morgan fingerprint density at radius 2 is 1.96 bits per heavy atom. The van der Waals surface area contributed by atoms with Gasteiger partial charge in [0.25, 0.3) is 5.91 Å². The molecule has 0 unspecified atom stereocenters. The highest BCUT2D eigenvalue weighted by molar-refractivity contribution is 5.93. The lowest BCUT2D eigenvalue weighted by Gasteiger charge is -2.35. The van der Waals surface area contributed by atoms with Crippen LogP contribution in [0, 0.1) is 5.82 Å². The van der Waals surface area contributed by atoms with E-state index in [-0.39, 0.29) is 18.1 Å². The van der Waals surface area contributed by atoms with E-state index in [0.717, 1.165) is 13.1 Å². The Labute approximate surface area is 162 Å². The molecule has 0 N–H and O–H groups in total. The number of aromatic nitrogens is 1. The van der Waals surface area contributed by atoms with E-state index in [2.05, 4.69) is 14.6 Å². The van der Waals surface area contributed by atoms with Gasteiger partial charge in [0.1, 0.15) is 18.6 Å². The molecule has 1 aliphatic heterocycles. The molecular formula is C19H23FN4O4. The van der Waals surface area contributed by atoms with Gasteiger partial charge in [0, 0.05) is 33.2 Å². The van der Waals surface area contributed by atoms with Gasteiger partial charge in [-0.15, -0.1) is 0 Å². The molecule has 0 spiro atoms. The average molecular weight is 390 g/mol.